The second-order valence-corrected chi connectivity index (χ2v) is 2.59. The number of rotatable bonds is 5. The minimum atomic E-state index is -4.55. The fourth-order valence-electron chi connectivity index (χ4n) is 0.853. The highest BCUT2D eigenvalue weighted by molar-refractivity contribution is 7.80. The Hall–Kier alpha value is 0.0600. The number of thiol groups is 1. The third kappa shape index (κ3) is 3.03. The van der Waals surface area contributed by atoms with Gasteiger partial charge in [-0.25, -0.2) is 0 Å². The number of halogens is 3. The third-order valence-electron chi connectivity index (χ3n) is 1.40. The molecule has 0 saturated carbocycles. The van der Waals surface area contributed by atoms with E-state index in [1.54, 1.807) is 0 Å². The summed E-state index contributed by atoms with van der Waals surface area (Å²) in [6, 6.07) is 0. The van der Waals surface area contributed by atoms with Crippen molar-refractivity contribution in [3.05, 3.63) is 0 Å². The summed E-state index contributed by atoms with van der Waals surface area (Å²) in [5, 5.41) is 0. The maximum Gasteiger partial charge on any atom is 0.444 e. The minimum absolute atomic E-state index is 0.0694. The molecule has 0 aromatic heterocycles. The van der Waals surface area contributed by atoms with Gasteiger partial charge in [0.05, 0.1) is 5.75 Å². The highest BCUT2D eigenvalue weighted by Gasteiger charge is 2.56. The summed E-state index contributed by atoms with van der Waals surface area (Å²) >= 11 is 3.59. The van der Waals surface area contributed by atoms with Gasteiger partial charge in [0.15, 0.2) is 0 Å². The normalized spacial score (nSPS) is 13.4. The summed E-state index contributed by atoms with van der Waals surface area (Å²) in [4.78, 5) is 0. The molecule has 0 aromatic rings. The van der Waals surface area contributed by atoms with E-state index >= 15 is 0 Å². The maximum absolute atomic E-state index is 12.5. The molecule has 0 unspecified atom stereocenters. The molecule has 0 spiro atoms. The van der Waals surface area contributed by atoms with Crippen molar-refractivity contribution in [1.82, 2.24) is 0 Å². The number of hydrogen-bond donors (Lipinski definition) is 1. The zero-order valence-corrected chi connectivity index (χ0v) is 8.41. The van der Waals surface area contributed by atoms with Gasteiger partial charge in [-0.15, -0.1) is 0 Å². The Balaban J connectivity index is 4.64. The lowest BCUT2D eigenvalue weighted by atomic mass is 10.3. The van der Waals surface area contributed by atoms with Crippen LogP contribution in [0.5, 0.6) is 0 Å². The first-order valence-electron chi connectivity index (χ1n) is 3.89. The van der Waals surface area contributed by atoms with Crippen molar-refractivity contribution in [2.24, 2.45) is 0 Å². The zero-order chi connectivity index (χ0) is 10.5. The van der Waals surface area contributed by atoms with Crippen LogP contribution in [0, 0.1) is 0 Å². The van der Waals surface area contributed by atoms with Gasteiger partial charge in [-0.3, -0.25) is 0 Å². The van der Waals surface area contributed by atoms with Gasteiger partial charge < -0.3 is 9.47 Å². The molecule has 0 aromatic carbocycles. The van der Waals surface area contributed by atoms with E-state index in [2.05, 4.69) is 22.1 Å². The zero-order valence-electron chi connectivity index (χ0n) is 7.52. The van der Waals surface area contributed by atoms with Crippen molar-refractivity contribution in [3.8, 4) is 0 Å². The van der Waals surface area contributed by atoms with Gasteiger partial charge in [0.2, 0.25) is 0 Å². The average Bonchev–Trinajstić information content (AvgIpc) is 2.02. The summed E-state index contributed by atoms with van der Waals surface area (Å²) < 4.78 is 46.5. The lowest BCUT2D eigenvalue weighted by Crippen LogP contribution is -2.52. The van der Waals surface area contributed by atoms with Crippen LogP contribution in [-0.4, -0.2) is 30.9 Å². The Kier molecular flexibility index (Phi) is 5.09. The van der Waals surface area contributed by atoms with Crippen LogP contribution in [0.4, 0.5) is 13.2 Å². The molecule has 0 aliphatic rings. The van der Waals surface area contributed by atoms with E-state index in [9.17, 15) is 13.2 Å². The predicted molar refractivity (Wildman–Crippen MR) is 45.9 cm³/mol. The molecule has 6 heteroatoms. The van der Waals surface area contributed by atoms with Gasteiger partial charge in [-0.05, 0) is 13.8 Å². The first kappa shape index (κ1) is 13.1. The summed E-state index contributed by atoms with van der Waals surface area (Å²) in [6.07, 6.45) is -4.55. The molecule has 0 saturated heterocycles. The summed E-state index contributed by atoms with van der Waals surface area (Å²) in [6.45, 7) is 2.81. The van der Waals surface area contributed by atoms with Gasteiger partial charge in [0.1, 0.15) is 0 Å². The molecule has 80 valence electrons. The topological polar surface area (TPSA) is 18.5 Å². The average molecular weight is 218 g/mol. The molecule has 0 amide bonds. The Morgan fingerprint density at radius 2 is 1.46 bits per heavy atom. The first-order valence-corrected chi connectivity index (χ1v) is 4.52. The number of alkyl halides is 3. The van der Waals surface area contributed by atoms with Crippen LogP contribution < -0.4 is 0 Å². The Bertz CT molecular complexity index is 143. The number of hydrogen-bond acceptors (Lipinski definition) is 3. The van der Waals surface area contributed by atoms with Crippen molar-refractivity contribution in [2.45, 2.75) is 25.8 Å². The largest absolute Gasteiger partial charge is 0.444 e. The second-order valence-electron chi connectivity index (χ2n) is 2.27. The molecule has 13 heavy (non-hydrogen) atoms. The van der Waals surface area contributed by atoms with Crippen molar-refractivity contribution < 1.29 is 22.6 Å². The molecule has 0 radical (unpaired) electrons. The standard InChI is InChI=1S/C7H13F3O2S/c1-3-11-6(5-13,12-4-2)7(8,9)10/h13H,3-5H2,1-2H3. The molecule has 0 atom stereocenters. The van der Waals surface area contributed by atoms with Crippen molar-refractivity contribution in [1.29, 1.82) is 0 Å². The van der Waals surface area contributed by atoms with E-state index in [1.807, 2.05) is 0 Å². The van der Waals surface area contributed by atoms with Crippen LogP contribution in [0.2, 0.25) is 0 Å². The van der Waals surface area contributed by atoms with E-state index < -0.39 is 17.7 Å². The van der Waals surface area contributed by atoms with Crippen LogP contribution in [0.3, 0.4) is 0 Å². The Morgan fingerprint density at radius 1 is 1.08 bits per heavy atom. The van der Waals surface area contributed by atoms with E-state index in [-0.39, 0.29) is 13.2 Å². The molecule has 0 rings (SSSR count). The lowest BCUT2D eigenvalue weighted by Gasteiger charge is -2.33. The van der Waals surface area contributed by atoms with Gasteiger partial charge in [0.25, 0.3) is 5.79 Å². The molecule has 0 N–H and O–H groups in total. The fraction of sp³-hybridized carbons (Fsp3) is 1.00. The first-order chi connectivity index (χ1) is 5.93. The van der Waals surface area contributed by atoms with Gasteiger partial charge >= 0.3 is 6.18 Å². The van der Waals surface area contributed by atoms with Crippen LogP contribution in [-0.2, 0) is 9.47 Å². The summed E-state index contributed by atoms with van der Waals surface area (Å²) in [7, 11) is 0. The molecule has 0 fully saturated rings. The van der Waals surface area contributed by atoms with Gasteiger partial charge in [-0.2, -0.15) is 25.8 Å². The van der Waals surface area contributed by atoms with E-state index in [0.717, 1.165) is 0 Å². The fourth-order valence-corrected chi connectivity index (χ4v) is 1.21. The minimum Gasteiger partial charge on any atom is -0.342 e. The molecule has 2 nitrogen and oxygen atoms in total. The maximum atomic E-state index is 12.5. The van der Waals surface area contributed by atoms with Gasteiger partial charge in [-0.1, -0.05) is 0 Å². The quantitative estimate of drug-likeness (QED) is 0.563. The third-order valence-corrected chi connectivity index (χ3v) is 1.81. The van der Waals surface area contributed by atoms with Crippen LogP contribution in [0.15, 0.2) is 0 Å². The van der Waals surface area contributed by atoms with Crippen molar-refractivity contribution >= 4 is 12.6 Å². The SMILES string of the molecule is CCOC(CS)(OCC)C(F)(F)F. The molecule has 0 heterocycles. The number of ether oxygens (including phenoxy) is 2. The summed E-state index contributed by atoms with van der Waals surface area (Å²) in [5.74, 6) is -3.10. The highest BCUT2D eigenvalue weighted by atomic mass is 32.1. The molecule has 0 aliphatic carbocycles. The van der Waals surface area contributed by atoms with E-state index in [0.29, 0.717) is 0 Å². The second kappa shape index (κ2) is 5.07. The Morgan fingerprint density at radius 3 is 1.62 bits per heavy atom. The lowest BCUT2D eigenvalue weighted by molar-refractivity contribution is -0.367. The van der Waals surface area contributed by atoms with E-state index in [1.165, 1.54) is 13.8 Å². The van der Waals surface area contributed by atoms with Crippen LogP contribution in [0.25, 0.3) is 0 Å². The Labute approximate surface area is 80.8 Å². The summed E-state index contributed by atoms with van der Waals surface area (Å²) in [5.41, 5.74) is 0. The van der Waals surface area contributed by atoms with Crippen LogP contribution in [0.1, 0.15) is 13.8 Å². The van der Waals surface area contributed by atoms with E-state index in [4.69, 9.17) is 0 Å². The van der Waals surface area contributed by atoms with Crippen LogP contribution >= 0.6 is 12.6 Å². The van der Waals surface area contributed by atoms with Gasteiger partial charge in [0, 0.05) is 13.2 Å². The predicted octanol–water partition coefficient (Wildman–Crippen LogP) is 2.25. The monoisotopic (exact) mass is 218 g/mol. The molecular formula is C7H13F3O2S. The molecule has 0 bridgehead atoms. The molecular weight excluding hydrogens is 205 g/mol. The van der Waals surface area contributed by atoms with Crippen molar-refractivity contribution in [2.75, 3.05) is 19.0 Å². The highest BCUT2D eigenvalue weighted by Crippen LogP contribution is 2.35. The smallest absolute Gasteiger partial charge is 0.342 e. The van der Waals surface area contributed by atoms with Crippen molar-refractivity contribution in [3.63, 3.8) is 0 Å². The molecule has 0 aliphatic heterocycles.